The van der Waals surface area contributed by atoms with Crippen molar-refractivity contribution >= 4 is 41.5 Å². The normalized spacial score (nSPS) is 13.9. The highest BCUT2D eigenvalue weighted by Gasteiger charge is 2.22. The van der Waals surface area contributed by atoms with Crippen LogP contribution in [0.15, 0.2) is 34.9 Å². The number of nitrogens with one attached hydrogen (secondary N) is 2. The molecule has 1 aliphatic heterocycles. The van der Waals surface area contributed by atoms with E-state index < -0.39 is 0 Å². The van der Waals surface area contributed by atoms with Crippen LogP contribution in [-0.2, 0) is 0 Å². The van der Waals surface area contributed by atoms with Crippen LogP contribution in [-0.4, -0.2) is 42.9 Å². The zero-order chi connectivity index (χ0) is 17.1. The van der Waals surface area contributed by atoms with Crippen LogP contribution in [0.25, 0.3) is 0 Å². The monoisotopic (exact) mass is 383 g/mol. The molecule has 1 saturated heterocycles. The molecule has 0 atom stereocenters. The summed E-state index contributed by atoms with van der Waals surface area (Å²) in [5.74, 6) is 0.0646. The summed E-state index contributed by atoms with van der Waals surface area (Å²) in [6, 6.07) is 6.47. The van der Waals surface area contributed by atoms with Gasteiger partial charge < -0.3 is 20.0 Å². The van der Waals surface area contributed by atoms with Crippen molar-refractivity contribution in [3.63, 3.8) is 0 Å². The van der Waals surface area contributed by atoms with Gasteiger partial charge in [-0.2, -0.15) is 0 Å². The van der Waals surface area contributed by atoms with Gasteiger partial charge in [-0.15, -0.1) is 12.4 Å². The number of nitrogens with zero attached hydrogens (tertiary/aromatic N) is 1. The van der Waals surface area contributed by atoms with Crippen molar-refractivity contribution in [1.29, 1.82) is 0 Å². The molecule has 2 N–H and O–H groups in total. The second kappa shape index (κ2) is 8.38. The number of rotatable bonds is 3. The van der Waals surface area contributed by atoms with Gasteiger partial charge in [0.2, 0.25) is 0 Å². The minimum atomic E-state index is -0.335. The Hall–Kier alpha value is -2.02. The highest BCUT2D eigenvalue weighted by Crippen LogP contribution is 2.24. The number of aryl methyl sites for hydroxylation is 1. The van der Waals surface area contributed by atoms with Gasteiger partial charge in [0.1, 0.15) is 5.76 Å². The molecule has 1 fully saturated rings. The lowest BCUT2D eigenvalue weighted by molar-refractivity contribution is 0.0737. The third-order valence-electron chi connectivity index (χ3n) is 3.97. The number of carbonyl (C=O) groups excluding carboxylic acids is 2. The highest BCUT2D eigenvalue weighted by molar-refractivity contribution is 6.31. The Labute approximate surface area is 156 Å². The molecule has 2 heterocycles. The van der Waals surface area contributed by atoms with Crippen molar-refractivity contribution in [3.05, 3.63) is 52.4 Å². The summed E-state index contributed by atoms with van der Waals surface area (Å²) >= 11 is 6.04. The number of halogens is 2. The molecule has 0 aliphatic carbocycles. The average Bonchev–Trinajstić information content (AvgIpc) is 3.01. The van der Waals surface area contributed by atoms with Gasteiger partial charge in [0.15, 0.2) is 0 Å². The van der Waals surface area contributed by atoms with Gasteiger partial charge >= 0.3 is 0 Å². The summed E-state index contributed by atoms with van der Waals surface area (Å²) in [6.07, 6.45) is 1.45. The van der Waals surface area contributed by atoms with Gasteiger partial charge in [0.05, 0.1) is 23.1 Å². The van der Waals surface area contributed by atoms with Crippen LogP contribution in [0.1, 0.15) is 26.5 Å². The molecule has 2 aromatic rings. The summed E-state index contributed by atoms with van der Waals surface area (Å²) in [4.78, 5) is 26.9. The number of hydrogen-bond acceptors (Lipinski definition) is 4. The van der Waals surface area contributed by atoms with Crippen molar-refractivity contribution < 1.29 is 14.0 Å². The molecule has 0 unspecified atom stereocenters. The number of benzene rings is 1. The summed E-state index contributed by atoms with van der Waals surface area (Å²) in [6.45, 7) is 4.50. The molecular formula is C17H19Cl2N3O3. The van der Waals surface area contributed by atoms with Gasteiger partial charge in [-0.3, -0.25) is 9.59 Å². The quantitative estimate of drug-likeness (QED) is 0.854. The first-order valence-corrected chi connectivity index (χ1v) is 8.09. The van der Waals surface area contributed by atoms with Gasteiger partial charge in [-0.25, -0.2) is 0 Å². The van der Waals surface area contributed by atoms with Crippen molar-refractivity contribution in [1.82, 2.24) is 10.2 Å². The minimum absolute atomic E-state index is 0. The molecule has 0 saturated carbocycles. The number of amides is 2. The molecule has 134 valence electrons. The zero-order valence-electron chi connectivity index (χ0n) is 13.7. The first-order valence-electron chi connectivity index (χ1n) is 7.71. The number of piperazine rings is 1. The van der Waals surface area contributed by atoms with Crippen LogP contribution >= 0.6 is 24.0 Å². The third-order valence-corrected chi connectivity index (χ3v) is 4.20. The zero-order valence-corrected chi connectivity index (χ0v) is 15.2. The lowest BCUT2D eigenvalue weighted by atomic mass is 10.1. The Morgan fingerprint density at radius 2 is 1.92 bits per heavy atom. The second-order valence-electron chi connectivity index (χ2n) is 5.58. The van der Waals surface area contributed by atoms with Gasteiger partial charge in [-0.1, -0.05) is 11.6 Å². The highest BCUT2D eigenvalue weighted by atomic mass is 35.5. The molecule has 2 amide bonds. The Morgan fingerprint density at radius 3 is 2.56 bits per heavy atom. The minimum Gasteiger partial charge on any atom is -0.469 e. The van der Waals surface area contributed by atoms with E-state index in [1.807, 2.05) is 0 Å². The Kier molecular flexibility index (Phi) is 6.47. The standard InChI is InChI=1S/C17H18ClN3O3.ClH/c1-11-13(4-9-24-11)16(22)20-15-10-12(18)2-3-14(15)17(23)21-7-5-19-6-8-21;/h2-4,9-10,19H,5-8H2,1H3,(H,20,22);1H. The van der Waals surface area contributed by atoms with Gasteiger partial charge in [-0.05, 0) is 31.2 Å². The summed E-state index contributed by atoms with van der Waals surface area (Å²) in [7, 11) is 0. The van der Waals surface area contributed by atoms with Crippen LogP contribution in [0.4, 0.5) is 5.69 Å². The third kappa shape index (κ3) is 4.34. The maximum atomic E-state index is 12.8. The summed E-state index contributed by atoms with van der Waals surface area (Å²) in [5.41, 5.74) is 1.25. The molecular weight excluding hydrogens is 365 g/mol. The van der Waals surface area contributed by atoms with E-state index in [4.69, 9.17) is 16.0 Å². The van der Waals surface area contributed by atoms with Gasteiger partial charge in [0, 0.05) is 31.2 Å². The summed E-state index contributed by atoms with van der Waals surface area (Å²) < 4.78 is 5.15. The van der Waals surface area contributed by atoms with Crippen molar-refractivity contribution in [2.45, 2.75) is 6.92 Å². The van der Waals surface area contributed by atoms with E-state index in [9.17, 15) is 9.59 Å². The maximum Gasteiger partial charge on any atom is 0.259 e. The van der Waals surface area contributed by atoms with Crippen LogP contribution < -0.4 is 10.6 Å². The maximum absolute atomic E-state index is 12.8. The Balaban J connectivity index is 0.00000225. The summed E-state index contributed by atoms with van der Waals surface area (Å²) in [5, 5.41) is 6.42. The fourth-order valence-corrected chi connectivity index (χ4v) is 2.83. The number of carbonyl (C=O) groups is 2. The molecule has 3 rings (SSSR count). The van der Waals surface area contributed by atoms with E-state index in [-0.39, 0.29) is 24.2 Å². The molecule has 8 heteroatoms. The average molecular weight is 384 g/mol. The molecule has 1 aromatic heterocycles. The van der Waals surface area contributed by atoms with E-state index in [2.05, 4.69) is 10.6 Å². The first kappa shape index (κ1) is 19.3. The van der Waals surface area contributed by atoms with Crippen molar-refractivity contribution in [2.75, 3.05) is 31.5 Å². The number of anilines is 1. The van der Waals surface area contributed by atoms with E-state index in [1.54, 1.807) is 36.1 Å². The lowest BCUT2D eigenvalue weighted by Crippen LogP contribution is -2.46. The predicted molar refractivity (Wildman–Crippen MR) is 98.9 cm³/mol. The Morgan fingerprint density at radius 1 is 1.20 bits per heavy atom. The van der Waals surface area contributed by atoms with Crippen molar-refractivity contribution in [2.24, 2.45) is 0 Å². The van der Waals surface area contributed by atoms with Crippen LogP contribution in [0.3, 0.4) is 0 Å². The lowest BCUT2D eigenvalue weighted by Gasteiger charge is -2.28. The second-order valence-corrected chi connectivity index (χ2v) is 6.01. The molecule has 0 spiro atoms. The van der Waals surface area contributed by atoms with E-state index in [0.29, 0.717) is 40.7 Å². The predicted octanol–water partition coefficient (Wildman–Crippen LogP) is 2.96. The molecule has 0 bridgehead atoms. The number of furan rings is 1. The van der Waals surface area contributed by atoms with Crippen LogP contribution in [0.2, 0.25) is 5.02 Å². The van der Waals surface area contributed by atoms with Crippen LogP contribution in [0, 0.1) is 6.92 Å². The van der Waals surface area contributed by atoms with Crippen molar-refractivity contribution in [3.8, 4) is 0 Å². The Bertz CT molecular complexity index is 770. The number of hydrogen-bond donors (Lipinski definition) is 2. The fraction of sp³-hybridized carbons (Fsp3) is 0.294. The molecule has 0 radical (unpaired) electrons. The molecule has 1 aromatic carbocycles. The molecule has 1 aliphatic rings. The molecule has 6 nitrogen and oxygen atoms in total. The largest absolute Gasteiger partial charge is 0.469 e. The van der Waals surface area contributed by atoms with E-state index in [1.165, 1.54) is 6.26 Å². The topological polar surface area (TPSA) is 74.6 Å². The molecule has 25 heavy (non-hydrogen) atoms. The van der Waals surface area contributed by atoms with E-state index in [0.717, 1.165) is 13.1 Å². The van der Waals surface area contributed by atoms with Gasteiger partial charge in [0.25, 0.3) is 11.8 Å². The van der Waals surface area contributed by atoms with Crippen LogP contribution in [0.5, 0.6) is 0 Å². The fourth-order valence-electron chi connectivity index (χ4n) is 2.65. The SMILES string of the molecule is Cc1occc1C(=O)Nc1cc(Cl)ccc1C(=O)N1CCNCC1.Cl. The smallest absolute Gasteiger partial charge is 0.259 e. The first-order chi connectivity index (χ1) is 11.6. The van der Waals surface area contributed by atoms with E-state index >= 15 is 0 Å².